The Balaban J connectivity index is 2.22. The third-order valence-electron chi connectivity index (χ3n) is 2.93. The number of aryl methyl sites for hydroxylation is 2. The maximum absolute atomic E-state index is 12.1. The van der Waals surface area contributed by atoms with Crippen LogP contribution >= 0.6 is 0 Å². The number of amides is 1. The highest BCUT2D eigenvalue weighted by Crippen LogP contribution is 2.15. The minimum absolute atomic E-state index is 0.129. The summed E-state index contributed by atoms with van der Waals surface area (Å²) in [6.45, 7) is 3.90. The Bertz CT molecular complexity index is 665. The average molecular weight is 249 g/mol. The Morgan fingerprint density at radius 3 is 2.63 bits per heavy atom. The Morgan fingerprint density at radius 2 is 1.95 bits per heavy atom. The molecule has 2 heteroatoms. The van der Waals surface area contributed by atoms with Crippen LogP contribution in [0.5, 0.6) is 0 Å². The van der Waals surface area contributed by atoms with E-state index in [1.54, 1.807) is 6.07 Å². The fraction of sp³-hybridized carbons (Fsp3) is 0.118. The molecule has 0 saturated carbocycles. The smallest absolute Gasteiger partial charge is 0.255 e. The number of carbonyl (C=O) groups excluding carboxylic acids is 1. The van der Waals surface area contributed by atoms with Crippen molar-refractivity contribution in [3.8, 4) is 12.3 Å². The molecule has 0 aliphatic rings. The SMILES string of the molecule is C#Cc1cc(NC(=O)c2cccc(C)c2)ccc1C. The van der Waals surface area contributed by atoms with Gasteiger partial charge in [-0.05, 0) is 43.7 Å². The molecule has 1 N–H and O–H groups in total. The molecule has 1 amide bonds. The van der Waals surface area contributed by atoms with Gasteiger partial charge in [0.15, 0.2) is 0 Å². The van der Waals surface area contributed by atoms with Gasteiger partial charge in [0.05, 0.1) is 0 Å². The molecule has 0 aliphatic carbocycles. The van der Waals surface area contributed by atoms with Crippen molar-refractivity contribution in [3.63, 3.8) is 0 Å². The molecule has 2 aromatic carbocycles. The summed E-state index contributed by atoms with van der Waals surface area (Å²) in [5, 5.41) is 2.85. The van der Waals surface area contributed by atoms with Crippen LogP contribution in [0.2, 0.25) is 0 Å². The van der Waals surface area contributed by atoms with Crippen molar-refractivity contribution in [1.29, 1.82) is 0 Å². The molecule has 0 fully saturated rings. The van der Waals surface area contributed by atoms with E-state index < -0.39 is 0 Å². The molecule has 0 aliphatic heterocycles. The lowest BCUT2D eigenvalue weighted by Crippen LogP contribution is -2.12. The molecule has 19 heavy (non-hydrogen) atoms. The van der Waals surface area contributed by atoms with Gasteiger partial charge in [0.25, 0.3) is 5.91 Å². The number of anilines is 1. The summed E-state index contributed by atoms with van der Waals surface area (Å²) in [4.78, 5) is 12.1. The number of nitrogens with one attached hydrogen (secondary N) is 1. The zero-order valence-electron chi connectivity index (χ0n) is 11.0. The van der Waals surface area contributed by atoms with Gasteiger partial charge in [0.1, 0.15) is 0 Å². The van der Waals surface area contributed by atoms with Gasteiger partial charge in [-0.2, -0.15) is 0 Å². The first-order chi connectivity index (χ1) is 9.10. The van der Waals surface area contributed by atoms with Crippen molar-refractivity contribution in [2.24, 2.45) is 0 Å². The Morgan fingerprint density at radius 1 is 1.16 bits per heavy atom. The van der Waals surface area contributed by atoms with Gasteiger partial charge in [0.2, 0.25) is 0 Å². The van der Waals surface area contributed by atoms with E-state index in [2.05, 4.69) is 11.2 Å². The zero-order chi connectivity index (χ0) is 13.8. The van der Waals surface area contributed by atoms with Crippen LogP contribution in [-0.4, -0.2) is 5.91 Å². The number of benzene rings is 2. The number of hydrogen-bond donors (Lipinski definition) is 1. The lowest BCUT2D eigenvalue weighted by atomic mass is 10.1. The van der Waals surface area contributed by atoms with Crippen molar-refractivity contribution in [1.82, 2.24) is 0 Å². The van der Waals surface area contributed by atoms with Crippen LogP contribution in [0.3, 0.4) is 0 Å². The van der Waals surface area contributed by atoms with E-state index in [0.29, 0.717) is 11.3 Å². The van der Waals surface area contributed by atoms with Crippen LogP contribution in [0.1, 0.15) is 27.0 Å². The molecule has 0 atom stereocenters. The Hall–Kier alpha value is -2.53. The van der Waals surface area contributed by atoms with E-state index >= 15 is 0 Å². The number of carbonyl (C=O) groups is 1. The fourth-order valence-corrected chi connectivity index (χ4v) is 1.84. The average Bonchev–Trinajstić information content (AvgIpc) is 2.41. The molecule has 0 heterocycles. The van der Waals surface area contributed by atoms with Crippen LogP contribution in [0, 0.1) is 26.2 Å². The maximum atomic E-state index is 12.1. The molecule has 0 spiro atoms. The Kier molecular flexibility index (Phi) is 3.68. The third-order valence-corrected chi connectivity index (χ3v) is 2.93. The molecule has 0 unspecified atom stereocenters. The number of rotatable bonds is 2. The molecule has 2 rings (SSSR count). The maximum Gasteiger partial charge on any atom is 0.255 e. The molecule has 2 aromatic rings. The topological polar surface area (TPSA) is 29.1 Å². The van der Waals surface area contributed by atoms with Crippen molar-refractivity contribution in [3.05, 3.63) is 64.7 Å². The zero-order valence-corrected chi connectivity index (χ0v) is 11.0. The predicted molar refractivity (Wildman–Crippen MR) is 78.2 cm³/mol. The molecule has 94 valence electrons. The summed E-state index contributed by atoms with van der Waals surface area (Å²) in [6.07, 6.45) is 5.42. The van der Waals surface area contributed by atoms with E-state index in [0.717, 1.165) is 16.7 Å². The van der Waals surface area contributed by atoms with E-state index in [-0.39, 0.29) is 5.91 Å². The van der Waals surface area contributed by atoms with Crippen LogP contribution in [0.25, 0.3) is 0 Å². The highest BCUT2D eigenvalue weighted by Gasteiger charge is 2.06. The van der Waals surface area contributed by atoms with Crippen LogP contribution in [-0.2, 0) is 0 Å². The molecule has 0 saturated heterocycles. The van der Waals surface area contributed by atoms with Crippen molar-refractivity contribution in [2.45, 2.75) is 13.8 Å². The van der Waals surface area contributed by atoms with Gasteiger partial charge in [-0.3, -0.25) is 4.79 Å². The van der Waals surface area contributed by atoms with Gasteiger partial charge < -0.3 is 5.32 Å². The summed E-state index contributed by atoms with van der Waals surface area (Å²) in [6, 6.07) is 13.0. The highest BCUT2D eigenvalue weighted by molar-refractivity contribution is 6.04. The lowest BCUT2D eigenvalue weighted by Gasteiger charge is -2.07. The second-order valence-electron chi connectivity index (χ2n) is 4.50. The second kappa shape index (κ2) is 5.41. The van der Waals surface area contributed by atoms with Crippen LogP contribution in [0.4, 0.5) is 5.69 Å². The van der Waals surface area contributed by atoms with Gasteiger partial charge in [-0.1, -0.05) is 29.7 Å². The van der Waals surface area contributed by atoms with Gasteiger partial charge in [-0.15, -0.1) is 6.42 Å². The van der Waals surface area contributed by atoms with E-state index in [1.165, 1.54) is 0 Å². The van der Waals surface area contributed by atoms with Crippen molar-refractivity contribution < 1.29 is 4.79 Å². The molecule has 0 radical (unpaired) electrons. The van der Waals surface area contributed by atoms with E-state index in [1.807, 2.05) is 50.2 Å². The molecular formula is C17H15NO. The fourth-order valence-electron chi connectivity index (χ4n) is 1.84. The highest BCUT2D eigenvalue weighted by atomic mass is 16.1. The van der Waals surface area contributed by atoms with E-state index in [9.17, 15) is 4.79 Å². The van der Waals surface area contributed by atoms with Crippen LogP contribution in [0.15, 0.2) is 42.5 Å². The van der Waals surface area contributed by atoms with Crippen molar-refractivity contribution in [2.75, 3.05) is 5.32 Å². The summed E-state index contributed by atoms with van der Waals surface area (Å²) >= 11 is 0. The van der Waals surface area contributed by atoms with Crippen LogP contribution < -0.4 is 5.32 Å². The standard InChI is InChI=1S/C17H15NO/c1-4-14-11-16(9-8-13(14)3)18-17(19)15-7-5-6-12(2)10-15/h1,5-11H,2-3H3,(H,18,19). The first-order valence-electron chi connectivity index (χ1n) is 6.05. The quantitative estimate of drug-likeness (QED) is 0.810. The van der Waals surface area contributed by atoms with Gasteiger partial charge in [-0.25, -0.2) is 0 Å². The monoisotopic (exact) mass is 249 g/mol. The summed E-state index contributed by atoms with van der Waals surface area (Å²) < 4.78 is 0. The molecular weight excluding hydrogens is 234 g/mol. The minimum Gasteiger partial charge on any atom is -0.322 e. The minimum atomic E-state index is -0.129. The molecule has 2 nitrogen and oxygen atoms in total. The summed E-state index contributed by atoms with van der Waals surface area (Å²) in [7, 11) is 0. The normalized spacial score (nSPS) is 9.74. The number of terminal acetylenes is 1. The van der Waals surface area contributed by atoms with Gasteiger partial charge >= 0.3 is 0 Å². The van der Waals surface area contributed by atoms with Gasteiger partial charge in [0, 0.05) is 16.8 Å². The second-order valence-corrected chi connectivity index (χ2v) is 4.50. The van der Waals surface area contributed by atoms with Crippen molar-refractivity contribution >= 4 is 11.6 Å². The lowest BCUT2D eigenvalue weighted by molar-refractivity contribution is 0.102. The predicted octanol–water partition coefficient (Wildman–Crippen LogP) is 3.54. The largest absolute Gasteiger partial charge is 0.322 e. The first kappa shape index (κ1) is 12.9. The summed E-state index contributed by atoms with van der Waals surface area (Å²) in [5.41, 5.74) is 4.23. The first-order valence-corrected chi connectivity index (χ1v) is 6.05. The summed E-state index contributed by atoms with van der Waals surface area (Å²) in [5.74, 6) is 2.48. The van der Waals surface area contributed by atoms with E-state index in [4.69, 9.17) is 6.42 Å². The molecule has 0 bridgehead atoms. The number of hydrogen-bond acceptors (Lipinski definition) is 1. The molecule has 0 aromatic heterocycles. The Labute approximate surface area is 113 Å². The third kappa shape index (κ3) is 3.02.